The Hall–Kier alpha value is -2.14. The molecular weight excluding hydrogens is 276 g/mol. The molecular formula is C14H15ClN4O. The first-order chi connectivity index (χ1) is 9.61. The Morgan fingerprint density at radius 3 is 2.85 bits per heavy atom. The maximum atomic E-state index is 12.2. The summed E-state index contributed by atoms with van der Waals surface area (Å²) in [5, 5.41) is 6.11. The number of pyridine rings is 2. The molecule has 20 heavy (non-hydrogen) atoms. The zero-order valence-electron chi connectivity index (χ0n) is 11.3. The Morgan fingerprint density at radius 1 is 1.35 bits per heavy atom. The van der Waals surface area contributed by atoms with E-state index in [1.807, 2.05) is 13.8 Å². The van der Waals surface area contributed by atoms with Crippen LogP contribution in [0.5, 0.6) is 0 Å². The molecule has 0 aliphatic heterocycles. The van der Waals surface area contributed by atoms with Gasteiger partial charge in [0.05, 0.1) is 16.4 Å². The van der Waals surface area contributed by atoms with Crippen LogP contribution >= 0.6 is 11.6 Å². The van der Waals surface area contributed by atoms with Gasteiger partial charge in [-0.2, -0.15) is 0 Å². The molecule has 2 aromatic heterocycles. The summed E-state index contributed by atoms with van der Waals surface area (Å²) in [4.78, 5) is 20.6. The fourth-order valence-corrected chi connectivity index (χ4v) is 1.87. The molecule has 6 heteroatoms. The molecule has 0 spiro atoms. The van der Waals surface area contributed by atoms with Crippen LogP contribution < -0.4 is 10.6 Å². The summed E-state index contributed by atoms with van der Waals surface area (Å²) < 4.78 is 0. The SMILES string of the molecule is CCNc1ccc(Cl)c(C(=O)Nc2cccnc2C)n1. The van der Waals surface area contributed by atoms with E-state index in [1.54, 1.807) is 30.5 Å². The summed E-state index contributed by atoms with van der Waals surface area (Å²) in [7, 11) is 0. The number of halogens is 1. The molecule has 0 unspecified atom stereocenters. The van der Waals surface area contributed by atoms with Crippen molar-refractivity contribution >= 4 is 29.0 Å². The van der Waals surface area contributed by atoms with Gasteiger partial charge in [0.1, 0.15) is 11.5 Å². The third kappa shape index (κ3) is 3.24. The molecule has 1 amide bonds. The van der Waals surface area contributed by atoms with Crippen molar-refractivity contribution in [2.24, 2.45) is 0 Å². The van der Waals surface area contributed by atoms with Crippen molar-refractivity contribution < 1.29 is 4.79 Å². The molecule has 104 valence electrons. The van der Waals surface area contributed by atoms with Crippen molar-refractivity contribution in [3.63, 3.8) is 0 Å². The second-order valence-electron chi connectivity index (χ2n) is 4.15. The van der Waals surface area contributed by atoms with Crippen LogP contribution in [0.4, 0.5) is 11.5 Å². The molecule has 0 radical (unpaired) electrons. The number of carbonyl (C=O) groups excluding carboxylic acids is 1. The van der Waals surface area contributed by atoms with Gasteiger partial charge in [-0.3, -0.25) is 9.78 Å². The minimum atomic E-state index is -0.356. The van der Waals surface area contributed by atoms with E-state index < -0.39 is 0 Å². The van der Waals surface area contributed by atoms with Crippen LogP contribution in [-0.2, 0) is 0 Å². The van der Waals surface area contributed by atoms with Crippen LogP contribution in [0, 0.1) is 6.92 Å². The smallest absolute Gasteiger partial charge is 0.275 e. The number of nitrogens with one attached hydrogen (secondary N) is 2. The highest BCUT2D eigenvalue weighted by Gasteiger charge is 2.14. The zero-order valence-corrected chi connectivity index (χ0v) is 12.0. The normalized spacial score (nSPS) is 10.2. The lowest BCUT2D eigenvalue weighted by Gasteiger charge is -2.09. The van der Waals surface area contributed by atoms with Gasteiger partial charge in [0, 0.05) is 12.7 Å². The van der Waals surface area contributed by atoms with Gasteiger partial charge < -0.3 is 10.6 Å². The number of amides is 1. The van der Waals surface area contributed by atoms with Gasteiger partial charge in [0.2, 0.25) is 0 Å². The molecule has 5 nitrogen and oxygen atoms in total. The minimum absolute atomic E-state index is 0.188. The van der Waals surface area contributed by atoms with Crippen molar-refractivity contribution in [2.75, 3.05) is 17.2 Å². The average molecular weight is 291 g/mol. The third-order valence-corrected chi connectivity index (χ3v) is 2.98. The van der Waals surface area contributed by atoms with E-state index in [0.29, 0.717) is 16.5 Å². The molecule has 2 rings (SSSR count). The summed E-state index contributed by atoms with van der Waals surface area (Å²) in [6.45, 7) is 4.49. The maximum Gasteiger partial charge on any atom is 0.275 e. The van der Waals surface area contributed by atoms with Crippen LogP contribution in [0.15, 0.2) is 30.5 Å². The lowest BCUT2D eigenvalue weighted by atomic mass is 10.2. The first-order valence-corrected chi connectivity index (χ1v) is 6.63. The summed E-state index contributed by atoms with van der Waals surface area (Å²) >= 11 is 6.03. The number of carbonyl (C=O) groups is 1. The van der Waals surface area contributed by atoms with Crippen LogP contribution in [0.3, 0.4) is 0 Å². The highest BCUT2D eigenvalue weighted by molar-refractivity contribution is 6.34. The second kappa shape index (κ2) is 6.34. The van der Waals surface area contributed by atoms with Crippen LogP contribution in [0.1, 0.15) is 23.1 Å². The highest BCUT2D eigenvalue weighted by atomic mass is 35.5. The van der Waals surface area contributed by atoms with Crippen molar-refractivity contribution in [1.29, 1.82) is 0 Å². The number of hydrogen-bond donors (Lipinski definition) is 2. The molecule has 2 heterocycles. The Morgan fingerprint density at radius 2 is 2.15 bits per heavy atom. The van der Waals surface area contributed by atoms with Crippen molar-refractivity contribution in [3.8, 4) is 0 Å². The van der Waals surface area contributed by atoms with E-state index in [9.17, 15) is 4.79 Å². The summed E-state index contributed by atoms with van der Waals surface area (Å²) in [6.07, 6.45) is 1.67. The number of hydrogen-bond acceptors (Lipinski definition) is 4. The number of rotatable bonds is 4. The molecule has 0 aromatic carbocycles. The second-order valence-corrected chi connectivity index (χ2v) is 4.55. The van der Waals surface area contributed by atoms with E-state index in [4.69, 9.17) is 11.6 Å². The fourth-order valence-electron chi connectivity index (χ4n) is 1.68. The highest BCUT2D eigenvalue weighted by Crippen LogP contribution is 2.19. The Balaban J connectivity index is 2.25. The summed E-state index contributed by atoms with van der Waals surface area (Å²) in [5.41, 5.74) is 1.57. The molecule has 0 saturated carbocycles. The van der Waals surface area contributed by atoms with Crippen molar-refractivity contribution in [2.45, 2.75) is 13.8 Å². The molecule has 0 atom stereocenters. The Bertz CT molecular complexity index is 630. The van der Waals surface area contributed by atoms with E-state index >= 15 is 0 Å². The first kappa shape index (κ1) is 14.3. The third-order valence-electron chi connectivity index (χ3n) is 2.67. The van der Waals surface area contributed by atoms with Crippen molar-refractivity contribution in [3.05, 3.63) is 46.9 Å². The number of aryl methyl sites for hydroxylation is 1. The monoisotopic (exact) mass is 290 g/mol. The zero-order chi connectivity index (χ0) is 14.5. The Labute approximate surface area is 122 Å². The van der Waals surface area contributed by atoms with E-state index in [1.165, 1.54) is 0 Å². The lowest BCUT2D eigenvalue weighted by molar-refractivity contribution is 0.102. The summed E-state index contributed by atoms with van der Waals surface area (Å²) in [6, 6.07) is 6.92. The number of aromatic nitrogens is 2. The topological polar surface area (TPSA) is 66.9 Å². The molecule has 0 bridgehead atoms. The van der Waals surface area contributed by atoms with E-state index in [-0.39, 0.29) is 11.6 Å². The average Bonchev–Trinajstić information content (AvgIpc) is 2.43. The molecule has 0 aliphatic rings. The van der Waals surface area contributed by atoms with Gasteiger partial charge in [-0.15, -0.1) is 0 Å². The van der Waals surface area contributed by atoms with Gasteiger partial charge in [-0.25, -0.2) is 4.98 Å². The standard InChI is InChI=1S/C14H15ClN4O/c1-3-16-12-7-6-10(15)13(19-12)14(20)18-11-5-4-8-17-9(11)2/h4-8H,3H2,1-2H3,(H,16,19)(H,18,20). The molecule has 0 saturated heterocycles. The largest absolute Gasteiger partial charge is 0.370 e. The lowest BCUT2D eigenvalue weighted by Crippen LogP contribution is -2.16. The van der Waals surface area contributed by atoms with Crippen LogP contribution in [0.2, 0.25) is 5.02 Å². The quantitative estimate of drug-likeness (QED) is 0.908. The van der Waals surface area contributed by atoms with Gasteiger partial charge in [-0.05, 0) is 38.1 Å². The van der Waals surface area contributed by atoms with Gasteiger partial charge in [0.25, 0.3) is 5.91 Å². The predicted octanol–water partition coefficient (Wildman–Crippen LogP) is 3.12. The molecule has 0 fully saturated rings. The van der Waals surface area contributed by atoms with Gasteiger partial charge >= 0.3 is 0 Å². The number of anilines is 2. The van der Waals surface area contributed by atoms with E-state index in [2.05, 4.69) is 20.6 Å². The molecule has 0 aliphatic carbocycles. The van der Waals surface area contributed by atoms with Crippen molar-refractivity contribution in [1.82, 2.24) is 9.97 Å². The predicted molar refractivity (Wildman–Crippen MR) is 80.3 cm³/mol. The summed E-state index contributed by atoms with van der Waals surface area (Å²) in [5.74, 6) is 0.260. The molecule has 2 N–H and O–H groups in total. The maximum absolute atomic E-state index is 12.2. The Kier molecular flexibility index (Phi) is 4.53. The van der Waals surface area contributed by atoms with E-state index in [0.717, 1.165) is 12.2 Å². The van der Waals surface area contributed by atoms with Gasteiger partial charge in [0.15, 0.2) is 0 Å². The first-order valence-electron chi connectivity index (χ1n) is 6.25. The molecule has 2 aromatic rings. The van der Waals surface area contributed by atoms with Gasteiger partial charge in [-0.1, -0.05) is 11.6 Å². The minimum Gasteiger partial charge on any atom is -0.370 e. The number of nitrogens with zero attached hydrogens (tertiary/aromatic N) is 2. The fraction of sp³-hybridized carbons (Fsp3) is 0.214. The van der Waals surface area contributed by atoms with Crippen LogP contribution in [0.25, 0.3) is 0 Å². The van der Waals surface area contributed by atoms with Crippen LogP contribution in [-0.4, -0.2) is 22.4 Å².